The standard InChI is InChI=1S/C20H25ClF2N4O5S/c1-20(2,3)25-8-11(28)4-5-24-19(31)26-17-15(18(29)30)16(27-33-17)32-9-12-13(22)6-10(21)7-14(12)23/h6-7,11,25,28H,4-5,8-9H2,1-3H3,(H,29,30)(H2,24,26,31). The van der Waals surface area contributed by atoms with Crippen LogP contribution >= 0.6 is 23.1 Å². The van der Waals surface area contributed by atoms with Gasteiger partial charge < -0.3 is 25.6 Å². The van der Waals surface area contributed by atoms with Crippen molar-refractivity contribution >= 4 is 40.1 Å². The molecule has 0 fully saturated rings. The number of hydrogen-bond donors (Lipinski definition) is 5. The molecule has 182 valence electrons. The van der Waals surface area contributed by atoms with E-state index in [0.29, 0.717) is 18.1 Å². The number of β-amino-alcohol motifs (C(OH)–C–C–N with tert-alkyl or cyclic N) is 1. The van der Waals surface area contributed by atoms with Crippen LogP contribution in [0.5, 0.6) is 5.88 Å². The molecule has 0 spiro atoms. The molecule has 0 saturated heterocycles. The minimum Gasteiger partial charge on any atom is -0.477 e. The SMILES string of the molecule is CC(C)(C)NCC(O)CCNC(=O)Nc1snc(OCc2c(F)cc(Cl)cc2F)c1C(=O)O. The maximum absolute atomic E-state index is 13.9. The van der Waals surface area contributed by atoms with Crippen molar-refractivity contribution in [3.63, 3.8) is 0 Å². The van der Waals surface area contributed by atoms with Crippen molar-refractivity contribution in [1.29, 1.82) is 0 Å². The Balaban J connectivity index is 1.95. The molecule has 2 rings (SSSR count). The minimum absolute atomic E-state index is 0.123. The summed E-state index contributed by atoms with van der Waals surface area (Å²) in [7, 11) is 0. The number of rotatable bonds is 10. The maximum atomic E-state index is 13.9. The van der Waals surface area contributed by atoms with E-state index in [1.54, 1.807) is 0 Å². The molecule has 0 aliphatic heterocycles. The summed E-state index contributed by atoms with van der Waals surface area (Å²) < 4.78 is 36.8. The van der Waals surface area contributed by atoms with Crippen molar-refractivity contribution in [3.8, 4) is 5.88 Å². The highest BCUT2D eigenvalue weighted by Crippen LogP contribution is 2.31. The predicted octanol–water partition coefficient (Wildman–Crippen LogP) is 3.61. The van der Waals surface area contributed by atoms with Crippen molar-refractivity contribution in [2.45, 2.75) is 45.4 Å². The average molecular weight is 507 g/mol. The Hall–Kier alpha value is -2.54. The number of ether oxygens (including phenoxy) is 1. The molecule has 1 heterocycles. The number of carboxylic acids is 1. The summed E-state index contributed by atoms with van der Waals surface area (Å²) in [6.07, 6.45) is -0.409. The lowest BCUT2D eigenvalue weighted by Gasteiger charge is -2.22. The number of carbonyl (C=O) groups is 2. The van der Waals surface area contributed by atoms with E-state index >= 15 is 0 Å². The number of aliphatic hydroxyl groups excluding tert-OH is 1. The third-order valence-corrected chi connectivity index (χ3v) is 5.16. The summed E-state index contributed by atoms with van der Waals surface area (Å²) in [4.78, 5) is 23.8. The van der Waals surface area contributed by atoms with Crippen LogP contribution in [-0.4, -0.2) is 51.3 Å². The lowest BCUT2D eigenvalue weighted by atomic mass is 10.1. The number of aliphatic hydroxyl groups is 1. The first kappa shape index (κ1) is 26.7. The van der Waals surface area contributed by atoms with E-state index in [1.807, 2.05) is 20.8 Å². The quantitative estimate of drug-likeness (QED) is 0.332. The third kappa shape index (κ3) is 8.39. The van der Waals surface area contributed by atoms with Gasteiger partial charge in [-0.3, -0.25) is 5.32 Å². The molecule has 1 unspecified atom stereocenters. The molecule has 2 aromatic rings. The Morgan fingerprint density at radius 2 is 1.91 bits per heavy atom. The number of hydrogen-bond acceptors (Lipinski definition) is 7. The molecule has 2 amide bonds. The zero-order valence-corrected chi connectivity index (χ0v) is 19.7. The largest absolute Gasteiger partial charge is 0.477 e. The van der Waals surface area contributed by atoms with Gasteiger partial charge in [-0.05, 0) is 50.9 Å². The summed E-state index contributed by atoms with van der Waals surface area (Å²) >= 11 is 6.21. The summed E-state index contributed by atoms with van der Waals surface area (Å²) in [5, 5.41) is 27.2. The van der Waals surface area contributed by atoms with Gasteiger partial charge in [-0.15, -0.1) is 0 Å². The molecule has 0 bridgehead atoms. The van der Waals surface area contributed by atoms with Crippen LogP contribution in [0.25, 0.3) is 0 Å². The maximum Gasteiger partial charge on any atom is 0.344 e. The highest BCUT2D eigenvalue weighted by Gasteiger charge is 2.24. The Bertz CT molecular complexity index is 976. The van der Waals surface area contributed by atoms with Crippen LogP contribution in [0.1, 0.15) is 43.1 Å². The number of aromatic carboxylic acids is 1. The van der Waals surface area contributed by atoms with Crippen LogP contribution < -0.4 is 20.7 Å². The van der Waals surface area contributed by atoms with Gasteiger partial charge in [0.1, 0.15) is 23.2 Å². The lowest BCUT2D eigenvalue weighted by Crippen LogP contribution is -2.42. The first-order chi connectivity index (χ1) is 15.4. The molecule has 0 radical (unpaired) electrons. The number of aromatic nitrogens is 1. The van der Waals surface area contributed by atoms with Gasteiger partial charge in [0.15, 0.2) is 5.56 Å². The van der Waals surface area contributed by atoms with Crippen LogP contribution in [0.3, 0.4) is 0 Å². The van der Waals surface area contributed by atoms with Crippen LogP contribution in [0, 0.1) is 11.6 Å². The van der Waals surface area contributed by atoms with E-state index in [-0.39, 0.29) is 28.5 Å². The van der Waals surface area contributed by atoms with E-state index in [0.717, 1.165) is 12.1 Å². The van der Waals surface area contributed by atoms with Gasteiger partial charge in [0, 0.05) is 23.7 Å². The second kappa shape index (κ2) is 11.5. The smallest absolute Gasteiger partial charge is 0.344 e. The molecule has 0 aliphatic rings. The lowest BCUT2D eigenvalue weighted by molar-refractivity contribution is 0.0693. The predicted molar refractivity (Wildman–Crippen MR) is 120 cm³/mol. The molecule has 0 aliphatic carbocycles. The fourth-order valence-electron chi connectivity index (χ4n) is 2.52. The molecule has 33 heavy (non-hydrogen) atoms. The Kier molecular flexibility index (Phi) is 9.35. The number of anilines is 1. The van der Waals surface area contributed by atoms with E-state index in [2.05, 4.69) is 20.3 Å². The van der Waals surface area contributed by atoms with E-state index in [4.69, 9.17) is 16.3 Å². The zero-order valence-electron chi connectivity index (χ0n) is 18.2. The highest BCUT2D eigenvalue weighted by molar-refractivity contribution is 7.11. The van der Waals surface area contributed by atoms with Crippen molar-refractivity contribution in [3.05, 3.63) is 39.9 Å². The first-order valence-corrected chi connectivity index (χ1v) is 11.0. The Morgan fingerprint density at radius 3 is 2.48 bits per heavy atom. The van der Waals surface area contributed by atoms with Crippen LogP contribution in [0.15, 0.2) is 12.1 Å². The van der Waals surface area contributed by atoms with Crippen molar-refractivity contribution in [1.82, 2.24) is 15.0 Å². The van der Waals surface area contributed by atoms with Crippen molar-refractivity contribution in [2.75, 3.05) is 18.4 Å². The molecule has 1 aromatic heterocycles. The normalized spacial score (nSPS) is 12.3. The molecule has 5 N–H and O–H groups in total. The van der Waals surface area contributed by atoms with Gasteiger partial charge in [-0.1, -0.05) is 11.6 Å². The topological polar surface area (TPSA) is 133 Å². The number of nitrogens with one attached hydrogen (secondary N) is 3. The molecule has 9 nitrogen and oxygen atoms in total. The molecule has 1 aromatic carbocycles. The molecular weight excluding hydrogens is 482 g/mol. The highest BCUT2D eigenvalue weighted by atomic mass is 35.5. The van der Waals surface area contributed by atoms with Gasteiger partial charge in [0.05, 0.1) is 11.7 Å². The number of urea groups is 1. The first-order valence-electron chi connectivity index (χ1n) is 9.84. The fraction of sp³-hybridized carbons (Fsp3) is 0.450. The minimum atomic E-state index is -1.45. The second-order valence-electron chi connectivity index (χ2n) is 8.09. The van der Waals surface area contributed by atoms with Gasteiger partial charge in [0.25, 0.3) is 0 Å². The number of nitrogens with zero attached hydrogens (tertiary/aromatic N) is 1. The summed E-state index contributed by atoms with van der Waals surface area (Å²) in [5.41, 5.74) is -1.06. The number of amides is 2. The number of carbonyl (C=O) groups excluding carboxylic acids is 1. The summed E-state index contributed by atoms with van der Waals surface area (Å²) in [6, 6.07) is 1.09. The Morgan fingerprint density at radius 1 is 1.27 bits per heavy atom. The van der Waals surface area contributed by atoms with Crippen molar-refractivity contribution in [2.24, 2.45) is 0 Å². The molecule has 13 heteroatoms. The summed E-state index contributed by atoms with van der Waals surface area (Å²) in [5.74, 6) is -3.76. The third-order valence-electron chi connectivity index (χ3n) is 4.19. The number of benzene rings is 1. The van der Waals surface area contributed by atoms with E-state index in [1.165, 1.54) is 0 Å². The van der Waals surface area contributed by atoms with Gasteiger partial charge in [-0.2, -0.15) is 4.37 Å². The van der Waals surface area contributed by atoms with Gasteiger partial charge in [-0.25, -0.2) is 18.4 Å². The summed E-state index contributed by atoms with van der Waals surface area (Å²) in [6.45, 7) is 5.73. The van der Waals surface area contributed by atoms with Crippen LogP contribution in [0.4, 0.5) is 18.6 Å². The monoisotopic (exact) mass is 506 g/mol. The molecule has 0 saturated carbocycles. The zero-order chi connectivity index (χ0) is 24.8. The van der Waals surface area contributed by atoms with E-state index < -0.39 is 53.4 Å². The van der Waals surface area contributed by atoms with Crippen LogP contribution in [0.2, 0.25) is 5.02 Å². The molecular formula is C20H25ClF2N4O5S. The Labute approximate surface area is 198 Å². The molecule has 1 atom stereocenters. The number of halogens is 3. The second-order valence-corrected chi connectivity index (χ2v) is 9.30. The average Bonchev–Trinajstić information content (AvgIpc) is 3.07. The van der Waals surface area contributed by atoms with Gasteiger partial charge >= 0.3 is 12.0 Å². The van der Waals surface area contributed by atoms with Crippen LogP contribution in [-0.2, 0) is 6.61 Å². The van der Waals surface area contributed by atoms with Gasteiger partial charge in [0.2, 0.25) is 5.88 Å². The number of carboxylic acid groups (broad SMARTS) is 1. The fourth-order valence-corrected chi connectivity index (χ4v) is 3.44. The van der Waals surface area contributed by atoms with Crippen molar-refractivity contribution < 1.29 is 33.3 Å². The van der Waals surface area contributed by atoms with E-state index in [9.17, 15) is 28.6 Å².